The quantitative estimate of drug-likeness (QED) is 0.614. The third kappa shape index (κ3) is 2.66. The first kappa shape index (κ1) is 13.8. The fraction of sp³-hybridized carbons (Fsp3) is 0.667. The lowest BCUT2D eigenvalue weighted by Gasteiger charge is -2.28. The maximum absolute atomic E-state index is 5.94. The van der Waals surface area contributed by atoms with E-state index in [2.05, 4.69) is 17.3 Å². The van der Waals surface area contributed by atoms with E-state index in [1.807, 2.05) is 12.3 Å². The van der Waals surface area contributed by atoms with Gasteiger partial charge in [-0.05, 0) is 37.3 Å². The predicted octanol–water partition coefficient (Wildman–Crippen LogP) is 1.94. The van der Waals surface area contributed by atoms with Gasteiger partial charge in [0.05, 0.1) is 31.1 Å². The third-order valence-electron chi connectivity index (χ3n) is 4.33. The average Bonchev–Trinajstić information content (AvgIpc) is 3.09. The normalized spacial score (nSPS) is 29.6. The van der Waals surface area contributed by atoms with Gasteiger partial charge in [-0.15, -0.1) is 0 Å². The fourth-order valence-electron chi connectivity index (χ4n) is 3.40. The van der Waals surface area contributed by atoms with Crippen molar-refractivity contribution in [3.05, 3.63) is 24.0 Å². The van der Waals surface area contributed by atoms with E-state index in [9.17, 15) is 0 Å². The number of nitrogens with two attached hydrogens (primary N) is 1. The lowest BCUT2D eigenvalue weighted by atomic mass is 9.81. The number of hydrogen-bond acceptors (Lipinski definition) is 5. The Balaban J connectivity index is 1.75. The molecule has 2 aliphatic heterocycles. The highest BCUT2D eigenvalue weighted by atomic mass is 16.5. The van der Waals surface area contributed by atoms with E-state index in [1.54, 1.807) is 6.20 Å². The van der Waals surface area contributed by atoms with Crippen LogP contribution in [0.25, 0.3) is 0 Å². The molecule has 0 amide bonds. The van der Waals surface area contributed by atoms with Gasteiger partial charge in [0.15, 0.2) is 0 Å². The summed E-state index contributed by atoms with van der Waals surface area (Å²) in [5, 5.41) is 0. The summed E-state index contributed by atoms with van der Waals surface area (Å²) in [6, 6.07) is 2.13. The summed E-state index contributed by atoms with van der Waals surface area (Å²) >= 11 is 0. The average molecular weight is 277 g/mol. The molecular formula is C15H23N3O2. The van der Waals surface area contributed by atoms with Crippen molar-refractivity contribution in [3.63, 3.8) is 0 Å². The zero-order valence-corrected chi connectivity index (χ0v) is 11.9. The Morgan fingerprint density at radius 3 is 3.05 bits per heavy atom. The first-order chi connectivity index (χ1) is 9.81. The van der Waals surface area contributed by atoms with Crippen molar-refractivity contribution in [2.75, 3.05) is 6.61 Å². The molecule has 1 aromatic rings. The summed E-state index contributed by atoms with van der Waals surface area (Å²) in [7, 11) is 0. The number of rotatable bonds is 6. The molecule has 110 valence electrons. The van der Waals surface area contributed by atoms with Gasteiger partial charge in [-0.25, -0.2) is 0 Å². The Hall–Kier alpha value is -1.17. The van der Waals surface area contributed by atoms with Crippen LogP contribution >= 0.6 is 0 Å². The highest BCUT2D eigenvalue weighted by molar-refractivity contribution is 5.27. The molecule has 3 heterocycles. The minimum atomic E-state index is 0.0861. The monoisotopic (exact) mass is 277 g/mol. The first-order valence-electron chi connectivity index (χ1n) is 7.51. The van der Waals surface area contributed by atoms with Crippen molar-refractivity contribution in [2.24, 2.45) is 11.8 Å². The Morgan fingerprint density at radius 2 is 2.40 bits per heavy atom. The van der Waals surface area contributed by atoms with Crippen LogP contribution in [0.5, 0.6) is 5.75 Å². The van der Waals surface area contributed by atoms with E-state index >= 15 is 0 Å². The number of hydrazine groups is 1. The number of aromatic nitrogens is 1. The second kappa shape index (κ2) is 6.08. The molecule has 0 radical (unpaired) electrons. The van der Waals surface area contributed by atoms with Crippen LogP contribution in [0.2, 0.25) is 0 Å². The zero-order valence-electron chi connectivity index (χ0n) is 11.9. The molecule has 5 nitrogen and oxygen atoms in total. The molecule has 4 unspecified atom stereocenters. The largest absolute Gasteiger partial charge is 0.492 e. The summed E-state index contributed by atoms with van der Waals surface area (Å²) in [5.74, 6) is 7.04. The molecule has 4 atom stereocenters. The van der Waals surface area contributed by atoms with Gasteiger partial charge in [0.2, 0.25) is 0 Å². The lowest BCUT2D eigenvalue weighted by molar-refractivity contribution is 0.0856. The lowest BCUT2D eigenvalue weighted by Crippen LogP contribution is -2.37. The summed E-state index contributed by atoms with van der Waals surface area (Å²) < 4.78 is 11.6. The molecule has 20 heavy (non-hydrogen) atoms. The van der Waals surface area contributed by atoms with Crippen LogP contribution in [0.4, 0.5) is 0 Å². The van der Waals surface area contributed by atoms with Crippen molar-refractivity contribution in [1.82, 2.24) is 10.4 Å². The second-order valence-corrected chi connectivity index (χ2v) is 5.72. The number of hydrogen-bond donors (Lipinski definition) is 2. The van der Waals surface area contributed by atoms with Gasteiger partial charge in [-0.2, -0.15) is 0 Å². The molecule has 2 bridgehead atoms. The van der Waals surface area contributed by atoms with E-state index in [0.717, 1.165) is 30.6 Å². The van der Waals surface area contributed by atoms with Crippen molar-refractivity contribution >= 4 is 0 Å². The minimum Gasteiger partial charge on any atom is -0.492 e. The summed E-state index contributed by atoms with van der Waals surface area (Å²) in [6.07, 6.45) is 8.79. The van der Waals surface area contributed by atoms with Crippen LogP contribution in [-0.2, 0) is 4.74 Å². The molecule has 2 saturated heterocycles. The van der Waals surface area contributed by atoms with Crippen LogP contribution in [0.1, 0.15) is 44.2 Å². The number of nitrogens with one attached hydrogen (secondary N) is 1. The van der Waals surface area contributed by atoms with Gasteiger partial charge < -0.3 is 9.47 Å². The SMILES string of the molecule is CCCOc1cncc(C(NN)C2CC3CCC2O3)c1. The highest BCUT2D eigenvalue weighted by Crippen LogP contribution is 2.44. The van der Waals surface area contributed by atoms with Gasteiger partial charge in [-0.3, -0.25) is 16.3 Å². The Kier molecular flexibility index (Phi) is 4.19. The van der Waals surface area contributed by atoms with Crippen molar-refractivity contribution in [2.45, 2.75) is 50.9 Å². The molecule has 3 rings (SSSR count). The molecule has 0 aliphatic carbocycles. The summed E-state index contributed by atoms with van der Waals surface area (Å²) in [5.41, 5.74) is 4.04. The van der Waals surface area contributed by atoms with E-state index in [0.29, 0.717) is 24.7 Å². The van der Waals surface area contributed by atoms with Crippen molar-refractivity contribution in [1.29, 1.82) is 0 Å². The van der Waals surface area contributed by atoms with E-state index in [1.165, 1.54) is 6.42 Å². The van der Waals surface area contributed by atoms with Gasteiger partial charge in [0.25, 0.3) is 0 Å². The Morgan fingerprint density at radius 1 is 1.50 bits per heavy atom. The molecular weight excluding hydrogens is 254 g/mol. The third-order valence-corrected chi connectivity index (χ3v) is 4.33. The second-order valence-electron chi connectivity index (χ2n) is 5.72. The summed E-state index contributed by atoms with van der Waals surface area (Å²) in [4.78, 5) is 4.28. The highest BCUT2D eigenvalue weighted by Gasteiger charge is 2.44. The standard InChI is InChI=1S/C15H23N3O2/c1-2-5-19-12-6-10(8-17-9-12)15(18-16)13-7-11-3-4-14(13)20-11/h6,8-9,11,13-15,18H,2-5,7,16H2,1H3. The van der Waals surface area contributed by atoms with E-state index in [4.69, 9.17) is 15.3 Å². The molecule has 0 saturated carbocycles. The molecule has 2 fully saturated rings. The minimum absolute atomic E-state index is 0.0861. The molecule has 5 heteroatoms. The van der Waals surface area contributed by atoms with Crippen LogP contribution in [-0.4, -0.2) is 23.8 Å². The van der Waals surface area contributed by atoms with Crippen LogP contribution < -0.4 is 16.0 Å². The topological polar surface area (TPSA) is 69.4 Å². The number of fused-ring (bicyclic) bond motifs is 2. The smallest absolute Gasteiger partial charge is 0.137 e. The molecule has 0 aromatic carbocycles. The van der Waals surface area contributed by atoms with E-state index < -0.39 is 0 Å². The van der Waals surface area contributed by atoms with Crippen LogP contribution in [0.3, 0.4) is 0 Å². The first-order valence-corrected chi connectivity index (χ1v) is 7.51. The summed E-state index contributed by atoms with van der Waals surface area (Å²) in [6.45, 7) is 2.80. The van der Waals surface area contributed by atoms with Gasteiger partial charge in [0, 0.05) is 12.1 Å². The maximum Gasteiger partial charge on any atom is 0.137 e. The van der Waals surface area contributed by atoms with Gasteiger partial charge in [0.1, 0.15) is 5.75 Å². The molecule has 1 aromatic heterocycles. The molecule has 0 spiro atoms. The van der Waals surface area contributed by atoms with Gasteiger partial charge >= 0.3 is 0 Å². The predicted molar refractivity (Wildman–Crippen MR) is 76.1 cm³/mol. The van der Waals surface area contributed by atoms with Crippen LogP contribution in [0.15, 0.2) is 18.5 Å². The van der Waals surface area contributed by atoms with E-state index in [-0.39, 0.29) is 6.04 Å². The Bertz CT molecular complexity index is 454. The van der Waals surface area contributed by atoms with Crippen molar-refractivity contribution in [3.8, 4) is 5.75 Å². The number of ether oxygens (including phenoxy) is 2. The Labute approximate surface area is 119 Å². The maximum atomic E-state index is 5.94. The number of pyridine rings is 1. The molecule has 2 aliphatic rings. The molecule has 3 N–H and O–H groups in total. The van der Waals surface area contributed by atoms with Gasteiger partial charge in [-0.1, -0.05) is 6.92 Å². The van der Waals surface area contributed by atoms with Crippen LogP contribution in [0, 0.1) is 5.92 Å². The fourth-order valence-corrected chi connectivity index (χ4v) is 3.40. The van der Waals surface area contributed by atoms with Crippen molar-refractivity contribution < 1.29 is 9.47 Å². The number of nitrogens with zero attached hydrogens (tertiary/aromatic N) is 1. The zero-order chi connectivity index (χ0) is 13.9.